The maximum atomic E-state index is 13.3. The Labute approximate surface area is 799 Å². The summed E-state index contributed by atoms with van der Waals surface area (Å²) >= 11 is 0. The summed E-state index contributed by atoms with van der Waals surface area (Å²) in [6.45, 7) is 9.51. The Morgan fingerprint density at radius 1 is 0.455 bits per heavy atom. The summed E-state index contributed by atoms with van der Waals surface area (Å²) in [4.78, 5) is 122. The minimum atomic E-state index is -1.51. The van der Waals surface area contributed by atoms with Gasteiger partial charge in [-0.1, -0.05) is 80.4 Å². The van der Waals surface area contributed by atoms with Gasteiger partial charge in [-0.15, -0.1) is 0 Å². The second kappa shape index (κ2) is 62.3. The first-order chi connectivity index (χ1) is 60.7. The van der Waals surface area contributed by atoms with Gasteiger partial charge in [0.2, 0.25) is 5.91 Å². The fourth-order valence-electron chi connectivity index (χ4n) is 13.8. The van der Waals surface area contributed by atoms with Gasteiger partial charge in [-0.25, -0.2) is 39.9 Å². The number of nitrogens with one attached hydrogen (secondary N) is 3. The molecule has 39 nitrogen and oxygen atoms in total. The van der Waals surface area contributed by atoms with Gasteiger partial charge >= 0.3 is 29.8 Å². The van der Waals surface area contributed by atoms with Gasteiger partial charge in [0.05, 0.1) is 70.5 Å². The van der Waals surface area contributed by atoms with E-state index in [1.807, 2.05) is 216 Å². The Kier molecular flexibility index (Phi) is 55.7. The van der Waals surface area contributed by atoms with Crippen LogP contribution in [0.5, 0.6) is 0 Å². The van der Waals surface area contributed by atoms with Gasteiger partial charge in [-0.2, -0.15) is 0 Å². The number of aryl methyl sites for hydroxylation is 8. The predicted molar refractivity (Wildman–Crippen MR) is 498 cm³/mol. The molecule has 41 heteroatoms. The van der Waals surface area contributed by atoms with Crippen LogP contribution in [-0.2, 0) is 144 Å². The number of ether oxygens (including phenoxy) is 4. The molecule has 0 radical (unpaired) electrons. The second-order valence-corrected chi connectivity index (χ2v) is 30.1. The summed E-state index contributed by atoms with van der Waals surface area (Å²) < 4.78 is 35.7. The van der Waals surface area contributed by atoms with E-state index in [2.05, 4.69) is 80.5 Å². The van der Waals surface area contributed by atoms with Crippen molar-refractivity contribution >= 4 is 47.1 Å². The molecule has 724 valence electrons. The molecule has 0 aliphatic carbocycles. The molecule has 13 rings (SSSR count). The molecule has 1 saturated heterocycles. The molecule has 0 aromatic carbocycles. The quantitative estimate of drug-likeness (QED) is 0.0102. The topological polar surface area (TPSA) is 523 Å². The van der Waals surface area contributed by atoms with Gasteiger partial charge < -0.3 is 104 Å². The number of carbonyl (C=O) groups is 6. The number of esters is 2. The molecule has 12 aromatic heterocycles. The first kappa shape index (κ1) is 118. The number of nitrogens with two attached hydrogens (primary N) is 1. The molecule has 132 heavy (non-hydrogen) atoms. The van der Waals surface area contributed by atoms with E-state index in [-0.39, 0.29) is 91.1 Å². The number of hydrogen-bond donors (Lipinski definition) is 8. The number of nitrogens with zero attached hydrogens (tertiary/aromatic N) is 20. The smallest absolute Gasteiger partial charge is 0.320 e. The van der Waals surface area contributed by atoms with E-state index in [1.54, 1.807) is 82.0 Å². The molecule has 1 aliphatic rings. The van der Waals surface area contributed by atoms with Crippen molar-refractivity contribution in [1.29, 1.82) is 0 Å². The number of carboxylic acid groups (broad SMARTS) is 3. The van der Waals surface area contributed by atoms with Crippen LogP contribution in [0.2, 0.25) is 0 Å². The summed E-state index contributed by atoms with van der Waals surface area (Å²) in [7, 11) is 19.8. The first-order valence-electron chi connectivity index (χ1n) is 41.7. The number of carboxylic acids is 3. The number of methoxy groups -OCH3 is 3. The fraction of sp³-hybridized carbons (Fsp3) is 0.451. The number of hydrogen-bond acceptors (Lipinski definition) is 26. The van der Waals surface area contributed by atoms with Gasteiger partial charge in [0.25, 0.3) is 0 Å². The van der Waals surface area contributed by atoms with Crippen molar-refractivity contribution in [2.24, 2.45) is 104 Å². The summed E-state index contributed by atoms with van der Waals surface area (Å²) in [5.41, 5.74) is 10.9. The van der Waals surface area contributed by atoms with Crippen LogP contribution in [0.4, 0.5) is 11.4 Å². The largest absolute Gasteiger partial charge is 0.481 e. The molecule has 1 amide bonds. The third kappa shape index (κ3) is 35.9. The number of anilines is 2. The zero-order valence-corrected chi connectivity index (χ0v) is 81.6. The van der Waals surface area contributed by atoms with Crippen LogP contribution in [0.3, 0.4) is 0 Å². The summed E-state index contributed by atoms with van der Waals surface area (Å²) in [5.74, 6) is -4.88. The third-order valence-electron chi connectivity index (χ3n) is 20.9. The first-order valence-corrected chi connectivity index (χ1v) is 41.7. The molecule has 13 heterocycles. The number of pyridine rings is 4. The van der Waals surface area contributed by atoms with Gasteiger partial charge in [0.1, 0.15) is 0 Å². The fourth-order valence-corrected chi connectivity index (χ4v) is 13.8. The van der Waals surface area contributed by atoms with Crippen LogP contribution in [0.15, 0.2) is 185 Å². The van der Waals surface area contributed by atoms with Gasteiger partial charge in [0.15, 0.2) is 46.6 Å². The molecule has 9 atom stereocenters. The number of aromatic nitrogens is 20. The van der Waals surface area contributed by atoms with Crippen LogP contribution in [0.1, 0.15) is 107 Å². The maximum absolute atomic E-state index is 13.3. The molecule has 0 bridgehead atoms. The average molecular weight is 2180 g/mol. The van der Waals surface area contributed by atoms with Crippen LogP contribution >= 0.6 is 0 Å². The maximum Gasteiger partial charge on any atom is 0.320 e. The molecule has 0 saturated carbocycles. The van der Waals surface area contributed by atoms with Crippen molar-refractivity contribution < 1.29 is 108 Å². The number of rotatable bonds is 37. The minimum Gasteiger partial charge on any atom is -0.481 e. The van der Waals surface area contributed by atoms with Gasteiger partial charge in [-0.05, 0) is 99.5 Å². The Balaban J connectivity index is 0.000000831. The third-order valence-corrected chi connectivity index (χ3v) is 20.9. The van der Waals surface area contributed by atoms with Crippen molar-refractivity contribution in [3.8, 4) is 69.4 Å². The molecular formula is C91H135N25O14Os2. The molecule has 12 aromatic rings. The molecule has 1 aliphatic heterocycles. The molecule has 1 fully saturated rings. The number of imidazole rings is 8. The molecule has 13 N–H and O–H groups in total. The standard InChI is InChI=1S/C32H46N4O9.C16H22N4.C9H14O4.4C8H10N4.2CH4.H3N.H2O.2Os/c1-20(19-44-3)27(23(31(40)41)18-26(45-4)28(32(42)43)21(2)30(38)39)29(37)36-15-9-6-5-8-13-33-22-12-16-35-25(17-22)24-11-7-10-14-34-24;17-9-4-1-2-5-10-18-14-8-12-20-16(13-14)15-7-3-6-11-19-15;1-4-6(12-3)7-5(2)8(10)13-9(7)11;4*1-11-5-3-9-7(11)8-10-4-6-12(8)2;;;;;;/h7,10-12,14,16-17,20-21,23,26-28H,5-6,8-9,13,15,18-19H2,1-4H3,(H,33,35)(H,36,37)(H,38,39)(H,40,41)(H,42,43);3,6-8,11-13H,1-2,4-5,9-10,17H2,(H,18,20);5-7H,4H2,1-3H3;4*3-6H,1-2H3;2*1H4;1H3;1H2;;. The SMILES string of the molecule is C.C.CCC(OC)C1C(=O)OC(=O)C1C.COCC(C)C(C(=O)NCCCCCCNc1ccnc(-c2ccccn2)c1)C(CC(OC)C(C(=O)O)C(C)C(=O)O)C(=O)O.Cn1ccnc1-c1nccn1C.Cn1ccnc1-c1nccn1C.Cn1ccnc1-c1nccn1C.Cn1ccnc1-c1nccn1C.N.NCCCCCCNc1ccnc(-c2ccccn2)c1.O.[Os].[Os]. The second-order valence-electron chi connectivity index (χ2n) is 30.1. The molecular weight excluding hydrogens is 2050 g/mol. The van der Waals surface area contributed by atoms with E-state index in [9.17, 15) is 44.1 Å². The van der Waals surface area contributed by atoms with E-state index in [0.29, 0.717) is 19.4 Å². The van der Waals surface area contributed by atoms with Crippen LogP contribution < -0.4 is 27.8 Å². The van der Waals surface area contributed by atoms with Gasteiger partial charge in [-0.3, -0.25) is 48.7 Å². The van der Waals surface area contributed by atoms with E-state index >= 15 is 0 Å². The summed E-state index contributed by atoms with van der Waals surface area (Å²) in [5, 5.41) is 38.9. The minimum absolute atomic E-state index is 0. The van der Waals surface area contributed by atoms with Crippen LogP contribution in [0, 0.1) is 41.4 Å². The monoisotopic (exact) mass is 2190 g/mol. The number of carbonyl (C=O) groups excluding carboxylic acids is 3. The summed E-state index contributed by atoms with van der Waals surface area (Å²) in [6, 6.07) is 19.4. The van der Waals surface area contributed by atoms with Crippen LogP contribution in [0.25, 0.3) is 69.4 Å². The van der Waals surface area contributed by atoms with Crippen molar-refractivity contribution in [3.63, 3.8) is 0 Å². The number of aliphatic carboxylic acids is 3. The Bertz CT molecular complexity index is 4780. The molecule has 9 unspecified atom stereocenters. The Morgan fingerprint density at radius 2 is 0.803 bits per heavy atom. The van der Waals surface area contributed by atoms with Crippen molar-refractivity contribution in [2.75, 3.05) is 64.7 Å². The molecule has 0 spiro atoms. The summed E-state index contributed by atoms with van der Waals surface area (Å²) in [6.07, 6.45) is 43.4. The van der Waals surface area contributed by atoms with E-state index in [0.717, 1.165) is 126 Å². The average Bonchev–Trinajstić information content (AvgIpc) is 1.31. The Hall–Kier alpha value is -12.1. The normalized spacial score (nSPS) is 13.6. The number of cyclic esters (lactones) is 2. The van der Waals surface area contributed by atoms with Crippen LogP contribution in [-0.4, -0.2) is 219 Å². The van der Waals surface area contributed by atoms with E-state index in [4.69, 9.17) is 19.9 Å². The number of unbranched alkanes of at least 4 members (excludes halogenated alkanes) is 6. The zero-order valence-electron chi connectivity index (χ0n) is 76.5. The van der Waals surface area contributed by atoms with E-state index in [1.165, 1.54) is 47.5 Å². The number of amides is 1. The zero-order chi connectivity index (χ0) is 91.6. The van der Waals surface area contributed by atoms with Crippen molar-refractivity contribution in [1.82, 2.24) is 108 Å². The van der Waals surface area contributed by atoms with Crippen molar-refractivity contribution in [3.05, 3.63) is 185 Å². The van der Waals surface area contributed by atoms with Crippen molar-refractivity contribution in [2.45, 2.75) is 119 Å². The Morgan fingerprint density at radius 3 is 1.07 bits per heavy atom. The predicted octanol–water partition coefficient (Wildman–Crippen LogP) is 11.4. The van der Waals surface area contributed by atoms with Gasteiger partial charge in [0, 0.05) is 279 Å². The van der Waals surface area contributed by atoms with E-state index < -0.39 is 77.4 Å².